The predicted octanol–water partition coefficient (Wildman–Crippen LogP) is 1.79. The number of rotatable bonds is 5. The second kappa shape index (κ2) is 9.94. The second-order valence-corrected chi connectivity index (χ2v) is 8.71. The van der Waals surface area contributed by atoms with Crippen LogP contribution < -0.4 is 5.32 Å². The lowest BCUT2D eigenvalue weighted by Crippen LogP contribution is -2.52. The lowest BCUT2D eigenvalue weighted by molar-refractivity contribution is -0.142. The molecule has 2 amide bonds. The fourth-order valence-corrected chi connectivity index (χ4v) is 5.12. The van der Waals surface area contributed by atoms with E-state index in [-0.39, 0.29) is 36.1 Å². The third-order valence-corrected chi connectivity index (χ3v) is 6.87. The third-order valence-electron chi connectivity index (χ3n) is 6.87. The van der Waals surface area contributed by atoms with Crippen LogP contribution in [0.1, 0.15) is 50.0 Å². The number of aromatic nitrogens is 2. The van der Waals surface area contributed by atoms with E-state index in [1.807, 2.05) is 29.2 Å². The van der Waals surface area contributed by atoms with Crippen LogP contribution in [0.2, 0.25) is 0 Å². The van der Waals surface area contributed by atoms with Crippen molar-refractivity contribution in [3.8, 4) is 0 Å². The normalized spacial score (nSPS) is 25.3. The lowest BCUT2D eigenvalue weighted by atomic mass is 9.89. The van der Waals surface area contributed by atoms with Gasteiger partial charge in [-0.2, -0.15) is 5.10 Å². The minimum absolute atomic E-state index is 0. The Morgan fingerprint density at radius 3 is 2.45 bits per heavy atom. The number of hydrogen-bond donors (Lipinski definition) is 1. The number of nitrogens with one attached hydrogen (secondary N) is 1. The van der Waals surface area contributed by atoms with Crippen molar-refractivity contribution >= 4 is 24.2 Å². The van der Waals surface area contributed by atoms with Gasteiger partial charge in [0.2, 0.25) is 11.8 Å². The highest BCUT2D eigenvalue weighted by Gasteiger charge is 2.38. The van der Waals surface area contributed by atoms with Crippen molar-refractivity contribution in [2.45, 2.75) is 44.4 Å². The smallest absolute Gasteiger partial charge is 0.227 e. The van der Waals surface area contributed by atoms with Crippen LogP contribution in [0.5, 0.6) is 0 Å². The Morgan fingerprint density at radius 2 is 1.79 bits per heavy atom. The van der Waals surface area contributed by atoms with Crippen LogP contribution >= 0.6 is 12.4 Å². The van der Waals surface area contributed by atoms with Gasteiger partial charge in [0.25, 0.3) is 0 Å². The van der Waals surface area contributed by atoms with Gasteiger partial charge in [-0.25, -0.2) is 0 Å². The zero-order chi connectivity index (χ0) is 19.5. The Hall–Kier alpha value is -1.60. The Bertz CT molecular complexity index is 695. The van der Waals surface area contributed by atoms with E-state index in [0.29, 0.717) is 32.6 Å². The largest absolute Gasteiger partial charge is 0.339 e. The molecule has 0 bridgehead atoms. The molecule has 162 valence electrons. The molecule has 7 nitrogen and oxygen atoms in total. The number of carbonyl (C=O) groups is 2. The van der Waals surface area contributed by atoms with Gasteiger partial charge in [-0.1, -0.05) is 25.7 Å². The molecule has 29 heavy (non-hydrogen) atoms. The zero-order valence-electron chi connectivity index (χ0n) is 17.4. The molecule has 2 aliphatic heterocycles. The highest BCUT2D eigenvalue weighted by molar-refractivity contribution is 5.85. The van der Waals surface area contributed by atoms with E-state index in [1.165, 1.54) is 25.7 Å². The molecule has 0 spiro atoms. The molecular formula is C21H34ClN5O2. The number of carbonyl (C=O) groups excluding carboxylic acids is 2. The van der Waals surface area contributed by atoms with Crippen LogP contribution in [0.4, 0.5) is 0 Å². The average Bonchev–Trinajstić information content (AvgIpc) is 3.47. The summed E-state index contributed by atoms with van der Waals surface area (Å²) in [5.41, 5.74) is 1.13. The fraction of sp³-hybridized carbons (Fsp3) is 0.762. The molecular weight excluding hydrogens is 390 g/mol. The third kappa shape index (κ3) is 5.12. The number of piperazine rings is 1. The minimum Gasteiger partial charge on any atom is -0.339 e. The summed E-state index contributed by atoms with van der Waals surface area (Å²) < 4.78 is 1.80. The Balaban J connectivity index is 0.00000240. The molecule has 1 aromatic heterocycles. The summed E-state index contributed by atoms with van der Waals surface area (Å²) in [7, 11) is 1.91. The van der Waals surface area contributed by atoms with Gasteiger partial charge in [-0.3, -0.25) is 14.3 Å². The first-order valence-corrected chi connectivity index (χ1v) is 10.9. The van der Waals surface area contributed by atoms with Gasteiger partial charge < -0.3 is 15.1 Å². The van der Waals surface area contributed by atoms with Gasteiger partial charge in [0.15, 0.2) is 0 Å². The summed E-state index contributed by atoms with van der Waals surface area (Å²) in [4.78, 5) is 29.6. The van der Waals surface area contributed by atoms with Crippen LogP contribution in [0.3, 0.4) is 0 Å². The van der Waals surface area contributed by atoms with E-state index in [4.69, 9.17) is 0 Å². The van der Waals surface area contributed by atoms with Gasteiger partial charge in [-0.05, 0) is 17.9 Å². The maximum absolute atomic E-state index is 13.1. The maximum atomic E-state index is 13.1. The quantitative estimate of drug-likeness (QED) is 0.783. The molecule has 2 saturated heterocycles. The molecule has 3 fully saturated rings. The van der Waals surface area contributed by atoms with E-state index >= 15 is 0 Å². The van der Waals surface area contributed by atoms with Crippen molar-refractivity contribution in [1.29, 1.82) is 0 Å². The summed E-state index contributed by atoms with van der Waals surface area (Å²) in [6, 6.07) is 0. The Kier molecular flexibility index (Phi) is 7.57. The standard InChI is InChI=1S/C21H33N5O2.ClH/c1-24-15-17(12-23-24)18-13-22-14-19(18)21(28)26-10-8-25(9-11-26)20(27)7-6-16-4-2-3-5-16;/h12,15-16,18-19,22H,2-11,13-14H2,1H3;1H/t18-,19+;/m1./s1. The van der Waals surface area contributed by atoms with Crippen molar-refractivity contribution in [1.82, 2.24) is 24.9 Å². The van der Waals surface area contributed by atoms with Gasteiger partial charge in [0, 0.05) is 64.9 Å². The first kappa shape index (κ1) is 22.1. The summed E-state index contributed by atoms with van der Waals surface area (Å²) in [5, 5.41) is 7.63. The van der Waals surface area contributed by atoms with Crippen LogP contribution in [0.25, 0.3) is 0 Å². The molecule has 1 N–H and O–H groups in total. The van der Waals surface area contributed by atoms with E-state index in [9.17, 15) is 9.59 Å². The molecule has 1 aliphatic carbocycles. The molecule has 2 atom stereocenters. The second-order valence-electron chi connectivity index (χ2n) is 8.71. The van der Waals surface area contributed by atoms with Crippen molar-refractivity contribution < 1.29 is 9.59 Å². The number of aryl methyl sites for hydroxylation is 1. The average molecular weight is 424 g/mol. The maximum Gasteiger partial charge on any atom is 0.227 e. The first-order chi connectivity index (χ1) is 13.6. The molecule has 1 saturated carbocycles. The molecule has 3 aliphatic rings. The van der Waals surface area contributed by atoms with Crippen LogP contribution in [-0.4, -0.2) is 70.7 Å². The summed E-state index contributed by atoms with van der Waals surface area (Å²) in [5.74, 6) is 1.40. The van der Waals surface area contributed by atoms with Gasteiger partial charge in [-0.15, -0.1) is 12.4 Å². The number of halogens is 1. The van der Waals surface area contributed by atoms with Crippen LogP contribution in [0.15, 0.2) is 12.4 Å². The number of hydrogen-bond acceptors (Lipinski definition) is 4. The Labute approximate surface area is 179 Å². The zero-order valence-corrected chi connectivity index (χ0v) is 18.2. The number of nitrogens with zero attached hydrogens (tertiary/aromatic N) is 4. The monoisotopic (exact) mass is 423 g/mol. The summed E-state index contributed by atoms with van der Waals surface area (Å²) in [6.07, 6.45) is 10.8. The minimum atomic E-state index is -0.0335. The first-order valence-electron chi connectivity index (χ1n) is 10.9. The topological polar surface area (TPSA) is 70.5 Å². The molecule has 8 heteroatoms. The Morgan fingerprint density at radius 1 is 1.10 bits per heavy atom. The molecule has 3 heterocycles. The van der Waals surface area contributed by atoms with Gasteiger partial charge in [0.05, 0.1) is 12.1 Å². The van der Waals surface area contributed by atoms with Crippen molar-refractivity contribution in [2.24, 2.45) is 18.9 Å². The lowest BCUT2D eigenvalue weighted by Gasteiger charge is -2.36. The van der Waals surface area contributed by atoms with Gasteiger partial charge >= 0.3 is 0 Å². The van der Waals surface area contributed by atoms with Crippen molar-refractivity contribution in [3.05, 3.63) is 18.0 Å². The SMILES string of the molecule is Cl.Cn1cc([C@H]2CNC[C@@H]2C(=O)N2CCN(C(=O)CCC3CCCC3)CC2)cn1. The van der Waals surface area contributed by atoms with E-state index in [1.54, 1.807) is 4.68 Å². The van der Waals surface area contributed by atoms with E-state index in [2.05, 4.69) is 10.4 Å². The molecule has 0 aromatic carbocycles. The van der Waals surface area contributed by atoms with Crippen molar-refractivity contribution in [3.63, 3.8) is 0 Å². The van der Waals surface area contributed by atoms with Gasteiger partial charge in [0.1, 0.15) is 0 Å². The molecule has 1 aromatic rings. The van der Waals surface area contributed by atoms with Crippen LogP contribution in [-0.2, 0) is 16.6 Å². The van der Waals surface area contributed by atoms with E-state index < -0.39 is 0 Å². The molecule has 0 radical (unpaired) electrons. The molecule has 0 unspecified atom stereocenters. The summed E-state index contributed by atoms with van der Waals surface area (Å²) >= 11 is 0. The van der Waals surface area contributed by atoms with Crippen LogP contribution in [0, 0.1) is 11.8 Å². The summed E-state index contributed by atoms with van der Waals surface area (Å²) in [6.45, 7) is 4.20. The fourth-order valence-electron chi connectivity index (χ4n) is 5.12. The highest BCUT2D eigenvalue weighted by atomic mass is 35.5. The highest BCUT2D eigenvalue weighted by Crippen LogP contribution is 2.30. The predicted molar refractivity (Wildman–Crippen MR) is 114 cm³/mol. The van der Waals surface area contributed by atoms with E-state index in [0.717, 1.165) is 31.0 Å². The molecule has 4 rings (SSSR count). The van der Waals surface area contributed by atoms with Crippen molar-refractivity contribution in [2.75, 3.05) is 39.3 Å². The number of amides is 2.